The number of rotatable bonds is 3. The fraction of sp³-hybridized carbons (Fsp3) is 0.154. The smallest absolute Gasteiger partial charge is 0.406 e. The molecule has 1 aromatic heterocycles. The van der Waals surface area contributed by atoms with Crippen LogP contribution in [0.25, 0.3) is 0 Å². The number of benzene rings is 1. The first-order valence-electron chi connectivity index (χ1n) is 5.68. The van der Waals surface area contributed by atoms with E-state index < -0.39 is 12.4 Å². The van der Waals surface area contributed by atoms with E-state index in [4.69, 9.17) is 11.5 Å². The summed E-state index contributed by atoms with van der Waals surface area (Å²) in [6.45, 7) is 0. The Morgan fingerprint density at radius 3 is 2.30 bits per heavy atom. The molecule has 0 saturated heterocycles. The Morgan fingerprint density at radius 1 is 1.10 bits per heavy atom. The Morgan fingerprint density at radius 2 is 1.75 bits per heavy atom. The molecule has 2 rings (SSSR count). The number of nitrogens with two attached hydrogens (primary N) is 2. The van der Waals surface area contributed by atoms with Gasteiger partial charge in [-0.25, -0.2) is 4.98 Å². The van der Waals surface area contributed by atoms with E-state index in [-0.39, 0.29) is 11.6 Å². The van der Waals surface area contributed by atoms with E-state index in [1.54, 1.807) is 12.1 Å². The number of aromatic nitrogens is 1. The van der Waals surface area contributed by atoms with Crippen LogP contribution in [0.15, 0.2) is 42.6 Å². The topological polar surface area (TPSA) is 74.2 Å². The van der Waals surface area contributed by atoms with E-state index in [0.717, 1.165) is 0 Å². The van der Waals surface area contributed by atoms with Crippen LogP contribution in [-0.2, 0) is 0 Å². The molecular weight excluding hydrogens is 271 g/mol. The molecule has 0 amide bonds. The highest BCUT2D eigenvalue weighted by molar-refractivity contribution is 5.45. The minimum absolute atomic E-state index is 0.288. The van der Waals surface area contributed by atoms with Crippen molar-refractivity contribution in [1.29, 1.82) is 0 Å². The Bertz CT molecular complexity index is 584. The molecule has 1 heterocycles. The first-order chi connectivity index (χ1) is 9.37. The normalized spacial score (nSPS) is 13.0. The summed E-state index contributed by atoms with van der Waals surface area (Å²) in [5.74, 6) is -0.0109. The van der Waals surface area contributed by atoms with Gasteiger partial charge in [0.25, 0.3) is 0 Å². The van der Waals surface area contributed by atoms with Crippen molar-refractivity contribution in [2.45, 2.75) is 12.4 Å². The van der Waals surface area contributed by atoms with Crippen LogP contribution in [0, 0.1) is 0 Å². The van der Waals surface area contributed by atoms with Gasteiger partial charge in [-0.2, -0.15) is 0 Å². The predicted molar refractivity (Wildman–Crippen MR) is 67.8 cm³/mol. The van der Waals surface area contributed by atoms with Crippen LogP contribution < -0.4 is 16.2 Å². The average molecular weight is 283 g/mol. The largest absolute Gasteiger partial charge is 0.573 e. The minimum Gasteiger partial charge on any atom is -0.406 e. The number of alkyl halides is 3. The summed E-state index contributed by atoms with van der Waals surface area (Å²) in [5, 5.41) is 0. The van der Waals surface area contributed by atoms with Gasteiger partial charge in [-0.1, -0.05) is 18.2 Å². The van der Waals surface area contributed by atoms with Gasteiger partial charge in [0.15, 0.2) is 0 Å². The van der Waals surface area contributed by atoms with Crippen molar-refractivity contribution >= 4 is 5.82 Å². The summed E-state index contributed by atoms with van der Waals surface area (Å²) in [6.07, 6.45) is -3.18. The highest BCUT2D eigenvalue weighted by atomic mass is 19.4. The van der Waals surface area contributed by atoms with Gasteiger partial charge >= 0.3 is 6.36 Å². The quantitative estimate of drug-likeness (QED) is 0.908. The molecule has 1 aromatic carbocycles. The lowest BCUT2D eigenvalue weighted by atomic mass is 10.0. The van der Waals surface area contributed by atoms with E-state index >= 15 is 0 Å². The van der Waals surface area contributed by atoms with Crippen LogP contribution in [0.2, 0.25) is 0 Å². The van der Waals surface area contributed by atoms with Gasteiger partial charge in [0.2, 0.25) is 0 Å². The Kier molecular flexibility index (Phi) is 3.80. The monoisotopic (exact) mass is 283 g/mol. The fourth-order valence-electron chi connectivity index (χ4n) is 1.75. The molecule has 2 aromatic rings. The molecule has 0 bridgehead atoms. The van der Waals surface area contributed by atoms with Gasteiger partial charge in [-0.05, 0) is 23.8 Å². The highest BCUT2D eigenvalue weighted by Crippen LogP contribution is 2.27. The van der Waals surface area contributed by atoms with Gasteiger partial charge in [0, 0.05) is 11.8 Å². The third kappa shape index (κ3) is 3.39. The molecule has 0 aliphatic heterocycles. The number of pyridine rings is 1. The van der Waals surface area contributed by atoms with Gasteiger partial charge in [-0.3, -0.25) is 0 Å². The zero-order valence-electron chi connectivity index (χ0n) is 10.3. The molecule has 0 unspecified atom stereocenters. The lowest BCUT2D eigenvalue weighted by Gasteiger charge is -2.15. The number of ether oxygens (including phenoxy) is 1. The lowest BCUT2D eigenvalue weighted by molar-refractivity contribution is -0.274. The number of hydrogen-bond donors (Lipinski definition) is 2. The summed E-state index contributed by atoms with van der Waals surface area (Å²) in [6, 6.07) is 8.16. The number of anilines is 1. The Balaban J connectivity index is 2.20. The van der Waals surface area contributed by atoms with Crippen molar-refractivity contribution in [2.24, 2.45) is 5.73 Å². The van der Waals surface area contributed by atoms with Crippen LogP contribution >= 0.6 is 0 Å². The maximum absolute atomic E-state index is 12.0. The first kappa shape index (κ1) is 14.1. The third-order valence-electron chi connectivity index (χ3n) is 2.68. The molecule has 0 aliphatic carbocycles. The van der Waals surface area contributed by atoms with Crippen LogP contribution in [0.3, 0.4) is 0 Å². The van der Waals surface area contributed by atoms with E-state index in [2.05, 4.69) is 9.72 Å². The van der Waals surface area contributed by atoms with Gasteiger partial charge < -0.3 is 16.2 Å². The molecule has 4 nitrogen and oxygen atoms in total. The van der Waals surface area contributed by atoms with Crippen LogP contribution in [0.5, 0.6) is 5.75 Å². The maximum atomic E-state index is 12.0. The molecule has 0 saturated carbocycles. The first-order valence-corrected chi connectivity index (χ1v) is 5.68. The summed E-state index contributed by atoms with van der Waals surface area (Å²) in [7, 11) is 0. The Labute approximate surface area is 113 Å². The molecule has 0 radical (unpaired) electrons. The standard InChI is InChI=1S/C13H12F3N3O/c14-13(15,16)20-9-5-3-8(4-6-9)11(17)10-2-1-7-19-12(10)18/h1-7,11H,17H2,(H2,18,19)/t11-/m0/s1. The van der Waals surface area contributed by atoms with Crippen LogP contribution in [-0.4, -0.2) is 11.3 Å². The molecular formula is C13H12F3N3O. The molecule has 0 fully saturated rings. The summed E-state index contributed by atoms with van der Waals surface area (Å²) in [4.78, 5) is 3.92. The zero-order chi connectivity index (χ0) is 14.8. The van der Waals surface area contributed by atoms with Gasteiger partial charge in [-0.15, -0.1) is 13.2 Å². The second kappa shape index (κ2) is 5.38. The number of hydrogen-bond acceptors (Lipinski definition) is 4. The number of halogens is 3. The number of nitrogens with zero attached hydrogens (tertiary/aromatic N) is 1. The molecule has 1 atom stereocenters. The SMILES string of the molecule is Nc1ncccc1[C@@H](N)c1ccc(OC(F)(F)F)cc1. The summed E-state index contributed by atoms with van der Waals surface area (Å²) >= 11 is 0. The van der Waals surface area contributed by atoms with E-state index in [0.29, 0.717) is 11.1 Å². The molecule has 4 N–H and O–H groups in total. The Hall–Kier alpha value is -2.28. The van der Waals surface area contributed by atoms with Gasteiger partial charge in [0.05, 0.1) is 6.04 Å². The van der Waals surface area contributed by atoms with Crippen LogP contribution in [0.4, 0.5) is 19.0 Å². The van der Waals surface area contributed by atoms with E-state index in [1.165, 1.54) is 30.5 Å². The van der Waals surface area contributed by atoms with Crippen molar-refractivity contribution in [3.05, 3.63) is 53.7 Å². The van der Waals surface area contributed by atoms with Crippen molar-refractivity contribution in [2.75, 3.05) is 5.73 Å². The molecule has 106 valence electrons. The van der Waals surface area contributed by atoms with Crippen molar-refractivity contribution in [1.82, 2.24) is 4.98 Å². The summed E-state index contributed by atoms with van der Waals surface area (Å²) < 4.78 is 39.9. The predicted octanol–water partition coefficient (Wildman–Crippen LogP) is 2.61. The van der Waals surface area contributed by atoms with Gasteiger partial charge in [0.1, 0.15) is 11.6 Å². The molecule has 20 heavy (non-hydrogen) atoms. The zero-order valence-corrected chi connectivity index (χ0v) is 10.3. The molecule has 0 aliphatic rings. The van der Waals surface area contributed by atoms with E-state index in [1.807, 2.05) is 0 Å². The van der Waals surface area contributed by atoms with Crippen molar-refractivity contribution in [3.8, 4) is 5.75 Å². The average Bonchev–Trinajstić information content (AvgIpc) is 2.37. The molecule has 0 spiro atoms. The highest BCUT2D eigenvalue weighted by Gasteiger charge is 2.31. The van der Waals surface area contributed by atoms with Crippen molar-refractivity contribution in [3.63, 3.8) is 0 Å². The maximum Gasteiger partial charge on any atom is 0.573 e. The lowest BCUT2D eigenvalue weighted by Crippen LogP contribution is -2.17. The fourth-order valence-corrected chi connectivity index (χ4v) is 1.75. The summed E-state index contributed by atoms with van der Waals surface area (Å²) in [5.41, 5.74) is 12.9. The van der Waals surface area contributed by atoms with E-state index in [9.17, 15) is 13.2 Å². The number of nitrogen functional groups attached to an aromatic ring is 1. The second-order valence-electron chi connectivity index (χ2n) is 4.07. The second-order valence-corrected chi connectivity index (χ2v) is 4.07. The van der Waals surface area contributed by atoms with Crippen LogP contribution in [0.1, 0.15) is 17.2 Å². The molecule has 7 heteroatoms. The van der Waals surface area contributed by atoms with Crippen molar-refractivity contribution < 1.29 is 17.9 Å². The third-order valence-corrected chi connectivity index (χ3v) is 2.68. The minimum atomic E-state index is -4.71.